The molecule has 0 spiro atoms. The van der Waals surface area contributed by atoms with E-state index in [-0.39, 0.29) is 0 Å². The summed E-state index contributed by atoms with van der Waals surface area (Å²) < 4.78 is 7.77. The molecule has 0 saturated heterocycles. The number of carbonyl (C=O) groups excluding carboxylic acids is 1. The summed E-state index contributed by atoms with van der Waals surface area (Å²) in [6.07, 6.45) is 12.7. The highest BCUT2D eigenvalue weighted by molar-refractivity contribution is 7.98. The molecule has 0 aliphatic heterocycles. The number of rotatable bonds is 8. The second-order valence-electron chi connectivity index (χ2n) is 9.67. The van der Waals surface area contributed by atoms with Gasteiger partial charge in [-0.1, -0.05) is 13.0 Å². The fourth-order valence-electron chi connectivity index (χ4n) is 3.61. The van der Waals surface area contributed by atoms with Gasteiger partial charge in [0.25, 0.3) is 0 Å². The highest BCUT2D eigenvalue weighted by atomic mass is 32.2. The summed E-state index contributed by atoms with van der Waals surface area (Å²) in [5, 5.41) is 5.33. The Hall–Kier alpha value is -2.78. The molecule has 4 rings (SSSR count). The lowest BCUT2D eigenvalue weighted by Gasteiger charge is -2.18. The molecule has 0 bridgehead atoms. The predicted molar refractivity (Wildman–Crippen MR) is 142 cm³/mol. The smallest absolute Gasteiger partial charge is 0.435 e. The number of aromatic nitrogens is 5. The molecular weight excluding hydrogens is 478 g/mol. The summed E-state index contributed by atoms with van der Waals surface area (Å²) in [6, 6.07) is 6.17. The summed E-state index contributed by atoms with van der Waals surface area (Å²) in [7, 11) is 0. The largest absolute Gasteiger partial charge is 0.442 e. The third kappa shape index (κ3) is 6.89. The Labute approximate surface area is 214 Å². The van der Waals surface area contributed by atoms with Crippen molar-refractivity contribution >= 4 is 39.4 Å². The second kappa shape index (κ2) is 10.9. The first-order valence-corrected chi connectivity index (χ1v) is 13.8. The van der Waals surface area contributed by atoms with E-state index in [1.165, 1.54) is 4.68 Å². The number of hydrogen-bond donors (Lipinski definition) is 0. The molecule has 3 heterocycles. The molecule has 184 valence electrons. The monoisotopic (exact) mass is 509 g/mol. The number of benzene rings is 1. The van der Waals surface area contributed by atoms with Crippen molar-refractivity contribution in [3.63, 3.8) is 0 Å². The molecule has 0 N–H and O–H groups in total. The topological polar surface area (TPSA) is 82.8 Å². The van der Waals surface area contributed by atoms with E-state index in [2.05, 4.69) is 28.1 Å². The Balaban J connectivity index is 1.35. The van der Waals surface area contributed by atoms with Gasteiger partial charge in [-0.05, 0) is 69.9 Å². The lowest BCUT2D eigenvalue weighted by molar-refractivity contribution is 0.0514. The number of nitrogens with zero attached hydrogens (tertiary/aromatic N) is 5. The number of ether oxygens (including phenoxy) is 1. The minimum Gasteiger partial charge on any atom is -0.442 e. The van der Waals surface area contributed by atoms with E-state index >= 15 is 0 Å². The number of fused-ring (bicyclic) bond motifs is 1. The number of carbonyl (C=O) groups is 1. The molecule has 7 nitrogen and oxygen atoms in total. The van der Waals surface area contributed by atoms with Gasteiger partial charge in [-0.25, -0.2) is 19.7 Å². The zero-order valence-corrected chi connectivity index (χ0v) is 22.4. The second-order valence-corrected chi connectivity index (χ2v) is 11.7. The fourth-order valence-corrected chi connectivity index (χ4v) is 4.94. The van der Waals surface area contributed by atoms with Gasteiger partial charge >= 0.3 is 6.09 Å². The average molecular weight is 510 g/mol. The molecule has 4 aromatic rings. The molecular formula is C26H31N5O2S2. The van der Waals surface area contributed by atoms with E-state index in [0.29, 0.717) is 5.92 Å². The first kappa shape index (κ1) is 25.3. The highest BCUT2D eigenvalue weighted by Crippen LogP contribution is 2.29. The van der Waals surface area contributed by atoms with E-state index in [1.54, 1.807) is 35.5 Å². The Morgan fingerprint density at radius 1 is 1.11 bits per heavy atom. The van der Waals surface area contributed by atoms with Crippen LogP contribution in [0.25, 0.3) is 21.3 Å². The molecule has 0 aliphatic rings. The van der Waals surface area contributed by atoms with Gasteiger partial charge in [0.05, 0.1) is 21.4 Å². The maximum atomic E-state index is 12.3. The highest BCUT2D eigenvalue weighted by Gasteiger charge is 2.19. The molecule has 1 aromatic carbocycles. The summed E-state index contributed by atoms with van der Waals surface area (Å²) >= 11 is 3.39. The Morgan fingerprint density at radius 2 is 1.86 bits per heavy atom. The van der Waals surface area contributed by atoms with Crippen LogP contribution < -0.4 is 0 Å². The van der Waals surface area contributed by atoms with E-state index in [9.17, 15) is 4.79 Å². The molecule has 0 amide bonds. The molecule has 9 heteroatoms. The fraction of sp³-hybridized carbons (Fsp3) is 0.423. The van der Waals surface area contributed by atoms with Crippen LogP contribution >= 0.6 is 23.1 Å². The van der Waals surface area contributed by atoms with E-state index in [0.717, 1.165) is 62.8 Å². The van der Waals surface area contributed by atoms with Crippen molar-refractivity contribution in [1.82, 2.24) is 24.7 Å². The van der Waals surface area contributed by atoms with Gasteiger partial charge in [0.1, 0.15) is 11.4 Å². The Morgan fingerprint density at radius 3 is 2.57 bits per heavy atom. The first-order chi connectivity index (χ1) is 16.7. The zero-order chi connectivity index (χ0) is 25.0. The van der Waals surface area contributed by atoms with Crippen LogP contribution in [0.2, 0.25) is 0 Å². The van der Waals surface area contributed by atoms with Crippen LogP contribution in [0, 0.1) is 5.92 Å². The molecule has 0 saturated carbocycles. The van der Waals surface area contributed by atoms with Crippen molar-refractivity contribution in [3.05, 3.63) is 53.8 Å². The third-order valence-corrected chi connectivity index (χ3v) is 7.32. The lowest BCUT2D eigenvalue weighted by Crippen LogP contribution is -2.27. The minimum absolute atomic E-state index is 0.484. The summed E-state index contributed by atoms with van der Waals surface area (Å²) in [5.41, 5.74) is 2.31. The molecule has 1 unspecified atom stereocenters. The summed E-state index contributed by atoms with van der Waals surface area (Å²) in [6.45, 7) is 7.79. The molecule has 3 aromatic heterocycles. The van der Waals surface area contributed by atoms with Crippen LogP contribution in [-0.4, -0.2) is 42.7 Å². The Bertz CT molecular complexity index is 1290. The van der Waals surface area contributed by atoms with Crippen LogP contribution in [0.3, 0.4) is 0 Å². The first-order valence-electron chi connectivity index (χ1n) is 11.7. The van der Waals surface area contributed by atoms with Crippen LogP contribution in [0.4, 0.5) is 4.79 Å². The number of hydrogen-bond acceptors (Lipinski definition) is 8. The Kier molecular flexibility index (Phi) is 7.86. The minimum atomic E-state index is -0.564. The molecule has 0 radical (unpaired) electrons. The van der Waals surface area contributed by atoms with Crippen molar-refractivity contribution in [1.29, 1.82) is 0 Å². The van der Waals surface area contributed by atoms with E-state index < -0.39 is 11.7 Å². The predicted octanol–water partition coefficient (Wildman–Crippen LogP) is 6.66. The van der Waals surface area contributed by atoms with Gasteiger partial charge in [-0.2, -0.15) is 9.78 Å². The number of thiazole rings is 1. The third-order valence-electron chi connectivity index (χ3n) is 5.56. The van der Waals surface area contributed by atoms with Crippen molar-refractivity contribution in [2.75, 3.05) is 6.26 Å². The summed E-state index contributed by atoms with van der Waals surface area (Å²) in [5.74, 6) is 1.48. The SMILES string of the molecule is CSc1cnc(CCC(C)CCc2nc3ccc(-c4cnn(C(=O)OC(C)(C)C)c4)cc3s2)nc1. The van der Waals surface area contributed by atoms with Gasteiger partial charge in [0.15, 0.2) is 0 Å². The molecule has 0 fully saturated rings. The van der Waals surface area contributed by atoms with Gasteiger partial charge < -0.3 is 4.74 Å². The van der Waals surface area contributed by atoms with Gasteiger partial charge in [0, 0.05) is 35.5 Å². The van der Waals surface area contributed by atoms with Gasteiger partial charge in [-0.3, -0.25) is 0 Å². The van der Waals surface area contributed by atoms with Crippen molar-refractivity contribution in [2.24, 2.45) is 5.92 Å². The summed E-state index contributed by atoms with van der Waals surface area (Å²) in [4.78, 5) is 27.1. The van der Waals surface area contributed by atoms with Crippen LogP contribution in [-0.2, 0) is 17.6 Å². The zero-order valence-electron chi connectivity index (χ0n) is 20.8. The molecule has 1 atom stereocenters. The lowest BCUT2D eigenvalue weighted by atomic mass is 10.00. The maximum absolute atomic E-state index is 12.3. The maximum Gasteiger partial charge on any atom is 0.435 e. The van der Waals surface area contributed by atoms with Crippen LogP contribution in [0.15, 0.2) is 47.9 Å². The number of aryl methyl sites for hydroxylation is 2. The normalized spacial score (nSPS) is 12.7. The average Bonchev–Trinajstić information content (AvgIpc) is 3.47. The van der Waals surface area contributed by atoms with Crippen molar-refractivity contribution < 1.29 is 9.53 Å². The van der Waals surface area contributed by atoms with Gasteiger partial charge in [0.2, 0.25) is 0 Å². The molecule has 0 aliphatic carbocycles. The van der Waals surface area contributed by atoms with Crippen LogP contribution in [0.5, 0.6) is 0 Å². The van der Waals surface area contributed by atoms with E-state index in [1.807, 2.05) is 51.6 Å². The van der Waals surface area contributed by atoms with Crippen molar-refractivity contribution in [2.45, 2.75) is 63.9 Å². The van der Waals surface area contributed by atoms with E-state index in [4.69, 9.17) is 9.72 Å². The standard InChI is InChI=1S/C26H31N5O2S2/c1-17(6-10-23-27-14-20(34-5)15-28-23)7-11-24-30-21-9-8-18(12-22(21)35-24)19-13-29-31(16-19)25(32)33-26(2,3)4/h8-9,12-17H,6-7,10-11H2,1-5H3. The molecule has 35 heavy (non-hydrogen) atoms. The van der Waals surface area contributed by atoms with Crippen molar-refractivity contribution in [3.8, 4) is 11.1 Å². The van der Waals surface area contributed by atoms with Crippen LogP contribution in [0.1, 0.15) is 51.4 Å². The number of thioether (sulfide) groups is 1. The quantitative estimate of drug-likeness (QED) is 0.246. The van der Waals surface area contributed by atoms with Gasteiger partial charge in [-0.15, -0.1) is 23.1 Å².